The van der Waals surface area contributed by atoms with Crippen LogP contribution in [0.3, 0.4) is 0 Å². The summed E-state index contributed by atoms with van der Waals surface area (Å²) < 4.78 is 35.1. The number of alkyl halides is 2. The lowest BCUT2D eigenvalue weighted by molar-refractivity contribution is -0.128. The second-order valence-corrected chi connectivity index (χ2v) is 8.34. The second-order valence-electron chi connectivity index (χ2n) is 8.34. The third kappa shape index (κ3) is 5.57. The number of ether oxygens (including phenoxy) is 2. The first-order valence-electron chi connectivity index (χ1n) is 10.6. The lowest BCUT2D eigenvalue weighted by Gasteiger charge is -2.50. The fraction of sp³-hybridized carbons (Fsp3) is 0.435. The summed E-state index contributed by atoms with van der Waals surface area (Å²) in [5.74, 6) is -0.527. The van der Waals surface area contributed by atoms with Crippen LogP contribution in [0.1, 0.15) is 36.6 Å². The van der Waals surface area contributed by atoms with E-state index in [9.17, 15) is 18.4 Å². The number of nitrogens with two attached hydrogens (primary N) is 1. The number of pyridine rings is 1. The van der Waals surface area contributed by atoms with E-state index < -0.39 is 18.1 Å². The van der Waals surface area contributed by atoms with Gasteiger partial charge in [0.05, 0.1) is 5.41 Å². The Morgan fingerprint density at radius 2 is 1.91 bits per heavy atom. The Morgan fingerprint density at radius 3 is 2.55 bits per heavy atom. The molecule has 0 radical (unpaired) electrons. The van der Waals surface area contributed by atoms with Gasteiger partial charge in [0.15, 0.2) is 0 Å². The number of aromatic nitrogens is 1. The first kappa shape index (κ1) is 24.4. The van der Waals surface area contributed by atoms with Gasteiger partial charge in [-0.15, -0.1) is 0 Å². The van der Waals surface area contributed by atoms with E-state index in [0.717, 1.165) is 11.1 Å². The molecular weight excluding hydrogens is 434 g/mol. The Balaban J connectivity index is 1.90. The quantitative estimate of drug-likeness (QED) is 0.592. The molecule has 3 N–H and O–H groups in total. The summed E-state index contributed by atoms with van der Waals surface area (Å²) in [6.07, 6.45) is -0.858. The lowest BCUT2D eigenvalue weighted by Crippen LogP contribution is -2.65. The van der Waals surface area contributed by atoms with E-state index in [-0.39, 0.29) is 30.0 Å². The minimum atomic E-state index is -3.07. The maximum Gasteiger partial charge on any atom is 0.404 e. The van der Waals surface area contributed by atoms with Gasteiger partial charge in [-0.2, -0.15) is 8.78 Å². The third-order valence-electron chi connectivity index (χ3n) is 5.62. The Labute approximate surface area is 191 Å². The molecule has 2 aromatic rings. The number of anilines is 1. The molecule has 1 aliphatic heterocycles. The van der Waals surface area contributed by atoms with Gasteiger partial charge in [0.25, 0.3) is 0 Å². The fourth-order valence-corrected chi connectivity index (χ4v) is 4.07. The van der Waals surface area contributed by atoms with Crippen molar-refractivity contribution in [2.24, 2.45) is 5.73 Å². The first-order chi connectivity index (χ1) is 15.6. The van der Waals surface area contributed by atoms with Crippen LogP contribution in [0.15, 0.2) is 36.4 Å². The van der Waals surface area contributed by atoms with E-state index in [0.29, 0.717) is 25.3 Å². The van der Waals surface area contributed by atoms with Crippen LogP contribution >= 0.6 is 0 Å². The average Bonchev–Trinajstić information content (AvgIpc) is 2.71. The Kier molecular flexibility index (Phi) is 7.47. The van der Waals surface area contributed by atoms with E-state index >= 15 is 0 Å². The predicted molar refractivity (Wildman–Crippen MR) is 118 cm³/mol. The van der Waals surface area contributed by atoms with Gasteiger partial charge in [0.1, 0.15) is 12.3 Å². The lowest BCUT2D eigenvalue weighted by atomic mass is 9.69. The summed E-state index contributed by atoms with van der Waals surface area (Å²) in [6.45, 7) is 3.88. The van der Waals surface area contributed by atoms with Gasteiger partial charge in [-0.1, -0.05) is 38.1 Å². The molecule has 8 nitrogen and oxygen atoms in total. The number of benzene rings is 1. The smallest absolute Gasteiger partial charge is 0.404 e. The highest BCUT2D eigenvalue weighted by Gasteiger charge is 2.51. The number of primary amides is 1. The highest BCUT2D eigenvalue weighted by Crippen LogP contribution is 2.40. The number of nitrogens with one attached hydrogen (secondary N) is 1. The number of hydrogen-bond donors (Lipinski definition) is 2. The largest absolute Gasteiger partial charge is 0.448 e. The molecule has 0 aliphatic carbocycles. The molecule has 0 saturated carbocycles. The SMILES string of the molecule is Cc1ccc(NC(=O)C2(c3ccccc3C(C)C)CN(CCOC(N)=O)C2)c(OC(F)F)n1. The molecule has 10 heteroatoms. The Morgan fingerprint density at radius 1 is 1.21 bits per heavy atom. The van der Waals surface area contributed by atoms with Crippen LogP contribution in [0.25, 0.3) is 0 Å². The Hall–Kier alpha value is -3.27. The molecule has 1 aromatic heterocycles. The van der Waals surface area contributed by atoms with Crippen LogP contribution in [-0.2, 0) is 14.9 Å². The Bertz CT molecular complexity index is 1010. The van der Waals surface area contributed by atoms with Gasteiger partial charge >= 0.3 is 12.7 Å². The highest BCUT2D eigenvalue weighted by atomic mass is 19.3. The number of rotatable bonds is 9. The van der Waals surface area contributed by atoms with Gasteiger partial charge in [-0.3, -0.25) is 9.69 Å². The van der Waals surface area contributed by atoms with Crippen molar-refractivity contribution in [3.05, 3.63) is 53.2 Å². The number of aryl methyl sites for hydroxylation is 1. The van der Waals surface area contributed by atoms with Gasteiger partial charge in [0, 0.05) is 25.3 Å². The topological polar surface area (TPSA) is 107 Å². The van der Waals surface area contributed by atoms with Crippen LogP contribution < -0.4 is 15.8 Å². The van der Waals surface area contributed by atoms with Gasteiger partial charge in [-0.05, 0) is 36.1 Å². The van der Waals surface area contributed by atoms with Gasteiger partial charge in [0.2, 0.25) is 11.8 Å². The van der Waals surface area contributed by atoms with Crippen molar-refractivity contribution in [1.29, 1.82) is 0 Å². The van der Waals surface area contributed by atoms with Crippen LogP contribution in [0, 0.1) is 6.92 Å². The number of amides is 2. The number of carbonyl (C=O) groups excluding carboxylic acids is 2. The van der Waals surface area contributed by atoms with E-state index in [1.165, 1.54) is 6.07 Å². The summed E-state index contributed by atoms with van der Waals surface area (Å²) in [4.78, 5) is 30.4. The molecule has 2 amide bonds. The number of nitrogens with zero attached hydrogens (tertiary/aromatic N) is 2. The molecule has 33 heavy (non-hydrogen) atoms. The summed E-state index contributed by atoms with van der Waals surface area (Å²) >= 11 is 0. The van der Waals surface area contributed by atoms with Crippen molar-refractivity contribution >= 4 is 17.7 Å². The molecule has 1 aliphatic rings. The normalized spacial score (nSPS) is 15.2. The molecule has 0 spiro atoms. The fourth-order valence-electron chi connectivity index (χ4n) is 4.07. The minimum Gasteiger partial charge on any atom is -0.448 e. The highest BCUT2D eigenvalue weighted by molar-refractivity contribution is 6.01. The summed E-state index contributed by atoms with van der Waals surface area (Å²) in [6, 6.07) is 10.8. The van der Waals surface area contributed by atoms with Crippen molar-refractivity contribution in [3.8, 4) is 5.88 Å². The monoisotopic (exact) mass is 462 g/mol. The standard InChI is InChI=1S/C23H28F2N4O4/c1-14(2)16-6-4-5-7-17(16)23(12-29(13-23)10-11-32-22(26)31)20(30)28-18-9-8-15(3)27-19(18)33-21(24)25/h4-9,14,21H,10-13H2,1-3H3,(H2,26,31)(H,28,30). The molecule has 0 bridgehead atoms. The molecule has 0 atom stereocenters. The average molecular weight is 462 g/mol. The van der Waals surface area contributed by atoms with Crippen LogP contribution in [0.4, 0.5) is 19.3 Å². The van der Waals surface area contributed by atoms with Crippen molar-refractivity contribution in [1.82, 2.24) is 9.88 Å². The number of hydrogen-bond acceptors (Lipinski definition) is 6. The molecule has 0 unspecified atom stereocenters. The van der Waals surface area contributed by atoms with Gasteiger partial charge < -0.3 is 20.5 Å². The van der Waals surface area contributed by atoms with Crippen molar-refractivity contribution in [2.45, 2.75) is 38.7 Å². The van der Waals surface area contributed by atoms with E-state index in [1.54, 1.807) is 13.0 Å². The summed E-state index contributed by atoms with van der Waals surface area (Å²) in [5, 5.41) is 2.75. The van der Waals surface area contributed by atoms with Crippen molar-refractivity contribution in [2.75, 3.05) is 31.6 Å². The number of halogens is 2. The molecule has 178 valence electrons. The molecule has 1 saturated heterocycles. The zero-order valence-electron chi connectivity index (χ0n) is 18.8. The molecule has 3 rings (SSSR count). The molecule has 1 aromatic carbocycles. The second kappa shape index (κ2) is 10.1. The van der Waals surface area contributed by atoms with Gasteiger partial charge in [-0.25, -0.2) is 9.78 Å². The maximum absolute atomic E-state index is 13.6. The number of likely N-dealkylation sites (tertiary alicyclic amines) is 1. The summed E-state index contributed by atoms with van der Waals surface area (Å²) in [7, 11) is 0. The van der Waals surface area contributed by atoms with E-state index in [1.807, 2.05) is 43.0 Å². The first-order valence-corrected chi connectivity index (χ1v) is 10.6. The van der Waals surface area contributed by atoms with Crippen LogP contribution in [0.5, 0.6) is 5.88 Å². The summed E-state index contributed by atoms with van der Waals surface area (Å²) in [5.41, 5.74) is 6.52. The van der Waals surface area contributed by atoms with Crippen LogP contribution in [0.2, 0.25) is 0 Å². The van der Waals surface area contributed by atoms with Crippen molar-refractivity contribution in [3.63, 3.8) is 0 Å². The zero-order valence-corrected chi connectivity index (χ0v) is 18.8. The predicted octanol–water partition coefficient (Wildman–Crippen LogP) is 3.40. The van der Waals surface area contributed by atoms with E-state index in [2.05, 4.69) is 15.0 Å². The van der Waals surface area contributed by atoms with Crippen molar-refractivity contribution < 1.29 is 27.8 Å². The molecular formula is C23H28F2N4O4. The zero-order chi connectivity index (χ0) is 24.2. The number of carbonyl (C=O) groups is 2. The molecule has 2 heterocycles. The molecule has 1 fully saturated rings. The third-order valence-corrected chi connectivity index (χ3v) is 5.62. The maximum atomic E-state index is 13.6. The van der Waals surface area contributed by atoms with Crippen LogP contribution in [-0.4, -0.2) is 54.7 Å². The van der Waals surface area contributed by atoms with E-state index in [4.69, 9.17) is 10.5 Å². The minimum absolute atomic E-state index is 0.0721.